The van der Waals surface area contributed by atoms with Gasteiger partial charge in [-0.3, -0.25) is 0 Å². The summed E-state index contributed by atoms with van der Waals surface area (Å²) < 4.78 is 14.4. The van der Waals surface area contributed by atoms with Crippen molar-refractivity contribution in [2.45, 2.75) is 19.3 Å². The van der Waals surface area contributed by atoms with Gasteiger partial charge in [0.2, 0.25) is 0 Å². The molecule has 1 nitrogen and oxygen atoms in total. The molecule has 0 N–H and O–H groups in total. The van der Waals surface area contributed by atoms with Crippen LogP contribution in [-0.2, 0) is 0 Å². The first kappa shape index (κ1) is 15.9. The van der Waals surface area contributed by atoms with E-state index in [1.54, 1.807) is 6.07 Å². The van der Waals surface area contributed by atoms with Gasteiger partial charge in [-0.15, -0.1) is 0 Å². The Morgan fingerprint density at radius 1 is 1.04 bits per heavy atom. The van der Waals surface area contributed by atoms with Crippen LogP contribution in [0, 0.1) is 5.82 Å². The fraction of sp³-hybridized carbons (Fsp3) is 0.217. The standard InChI is InChI=1S/C23H22FN/c1-16-13-19(21-8-4-3-7-20(16)21)14-18-9-10-23(24)22(15-18)17(2)25-11-5-6-12-25/h3-4,7-10,14-15H,1-2,5-6,11-13H2/b19-14+. The molecule has 0 atom stereocenters. The molecule has 1 fully saturated rings. The fourth-order valence-electron chi connectivity index (χ4n) is 3.83. The van der Waals surface area contributed by atoms with E-state index < -0.39 is 0 Å². The molecule has 0 amide bonds. The molecule has 0 unspecified atom stereocenters. The predicted molar refractivity (Wildman–Crippen MR) is 104 cm³/mol. The number of hydrogen-bond donors (Lipinski definition) is 0. The van der Waals surface area contributed by atoms with E-state index in [0.29, 0.717) is 5.56 Å². The SMILES string of the molecule is C=C1C/C(=C\c2ccc(F)c(C(=C)N3CCCC3)c2)c2ccccc21. The summed E-state index contributed by atoms with van der Waals surface area (Å²) in [5.74, 6) is -0.199. The Bertz CT molecular complexity index is 885. The van der Waals surface area contributed by atoms with Crippen molar-refractivity contribution in [3.05, 3.63) is 83.7 Å². The van der Waals surface area contributed by atoms with Crippen molar-refractivity contribution in [2.24, 2.45) is 0 Å². The zero-order valence-electron chi connectivity index (χ0n) is 14.4. The summed E-state index contributed by atoms with van der Waals surface area (Å²) in [7, 11) is 0. The molecule has 0 radical (unpaired) electrons. The smallest absolute Gasteiger partial charge is 0.132 e. The van der Waals surface area contributed by atoms with Crippen molar-refractivity contribution in [1.82, 2.24) is 4.90 Å². The first-order valence-corrected chi connectivity index (χ1v) is 8.85. The molecule has 25 heavy (non-hydrogen) atoms. The van der Waals surface area contributed by atoms with E-state index in [4.69, 9.17) is 0 Å². The monoisotopic (exact) mass is 331 g/mol. The molecule has 0 saturated carbocycles. The van der Waals surface area contributed by atoms with Crippen LogP contribution in [0.3, 0.4) is 0 Å². The lowest BCUT2D eigenvalue weighted by Gasteiger charge is -2.21. The number of likely N-dealkylation sites (tertiary alicyclic amines) is 1. The van der Waals surface area contributed by atoms with E-state index in [1.165, 1.54) is 16.7 Å². The number of nitrogens with zero attached hydrogens (tertiary/aromatic N) is 1. The van der Waals surface area contributed by atoms with E-state index in [2.05, 4.69) is 42.3 Å². The van der Waals surface area contributed by atoms with Crippen molar-refractivity contribution < 1.29 is 4.39 Å². The maximum Gasteiger partial charge on any atom is 0.132 e. The van der Waals surface area contributed by atoms with Crippen LogP contribution in [0.2, 0.25) is 0 Å². The van der Waals surface area contributed by atoms with Gasteiger partial charge in [0.25, 0.3) is 0 Å². The second-order valence-corrected chi connectivity index (χ2v) is 6.88. The highest BCUT2D eigenvalue weighted by Crippen LogP contribution is 2.40. The molecule has 4 rings (SSSR count). The highest BCUT2D eigenvalue weighted by atomic mass is 19.1. The molecule has 1 saturated heterocycles. The third-order valence-corrected chi connectivity index (χ3v) is 5.19. The summed E-state index contributed by atoms with van der Waals surface area (Å²) in [5.41, 5.74) is 7.26. The molecule has 1 aliphatic heterocycles. The van der Waals surface area contributed by atoms with Crippen LogP contribution >= 0.6 is 0 Å². The van der Waals surface area contributed by atoms with Gasteiger partial charge in [0.15, 0.2) is 0 Å². The van der Waals surface area contributed by atoms with Gasteiger partial charge in [-0.1, -0.05) is 49.6 Å². The van der Waals surface area contributed by atoms with Crippen LogP contribution in [0.1, 0.15) is 41.5 Å². The Labute approximate surface area is 148 Å². The van der Waals surface area contributed by atoms with Crippen LogP contribution in [0.25, 0.3) is 22.9 Å². The fourth-order valence-corrected chi connectivity index (χ4v) is 3.83. The van der Waals surface area contributed by atoms with E-state index in [9.17, 15) is 4.39 Å². The van der Waals surface area contributed by atoms with Crippen LogP contribution in [0.5, 0.6) is 0 Å². The van der Waals surface area contributed by atoms with Crippen molar-refractivity contribution in [3.63, 3.8) is 0 Å². The lowest BCUT2D eigenvalue weighted by atomic mass is 10.0. The first-order valence-electron chi connectivity index (χ1n) is 8.85. The number of allylic oxidation sites excluding steroid dienone is 2. The summed E-state index contributed by atoms with van der Waals surface area (Å²) in [6.07, 6.45) is 5.31. The molecular formula is C23H22FN. The first-order chi connectivity index (χ1) is 12.1. The van der Waals surface area contributed by atoms with Gasteiger partial charge in [-0.2, -0.15) is 0 Å². The quantitative estimate of drug-likeness (QED) is 0.682. The second kappa shape index (κ2) is 6.36. The molecule has 2 aromatic carbocycles. The number of fused-ring (bicyclic) bond motifs is 1. The average Bonchev–Trinajstić information content (AvgIpc) is 3.26. The van der Waals surface area contributed by atoms with Crippen molar-refractivity contribution in [3.8, 4) is 0 Å². The lowest BCUT2D eigenvalue weighted by Crippen LogP contribution is -2.17. The van der Waals surface area contributed by atoms with Crippen LogP contribution in [0.15, 0.2) is 55.6 Å². The molecule has 126 valence electrons. The summed E-state index contributed by atoms with van der Waals surface area (Å²) in [6.45, 7) is 10.3. The number of hydrogen-bond acceptors (Lipinski definition) is 1. The normalized spacial score (nSPS) is 18.0. The third kappa shape index (κ3) is 2.93. The van der Waals surface area contributed by atoms with Gasteiger partial charge in [-0.05, 0) is 59.2 Å². The van der Waals surface area contributed by atoms with Gasteiger partial charge in [0.05, 0.1) is 0 Å². The van der Waals surface area contributed by atoms with Gasteiger partial charge >= 0.3 is 0 Å². The molecule has 2 aromatic rings. The van der Waals surface area contributed by atoms with Gasteiger partial charge < -0.3 is 4.90 Å². The largest absolute Gasteiger partial charge is 0.371 e. The number of rotatable bonds is 3. The molecule has 1 heterocycles. The Morgan fingerprint density at radius 2 is 1.76 bits per heavy atom. The molecular weight excluding hydrogens is 309 g/mol. The van der Waals surface area contributed by atoms with Gasteiger partial charge in [-0.25, -0.2) is 4.39 Å². The Balaban J connectivity index is 1.69. The number of halogens is 1. The summed E-state index contributed by atoms with van der Waals surface area (Å²) >= 11 is 0. The summed E-state index contributed by atoms with van der Waals surface area (Å²) in [6, 6.07) is 13.7. The molecule has 0 aromatic heterocycles. The van der Waals surface area contributed by atoms with Crippen molar-refractivity contribution >= 4 is 22.9 Å². The van der Waals surface area contributed by atoms with Gasteiger partial charge in [0.1, 0.15) is 5.82 Å². The molecule has 1 aliphatic carbocycles. The Morgan fingerprint density at radius 3 is 2.52 bits per heavy atom. The minimum absolute atomic E-state index is 0.199. The van der Waals surface area contributed by atoms with E-state index in [1.807, 2.05) is 18.2 Å². The summed E-state index contributed by atoms with van der Waals surface area (Å²) in [5, 5.41) is 0. The van der Waals surface area contributed by atoms with Gasteiger partial charge in [0, 0.05) is 24.4 Å². The van der Waals surface area contributed by atoms with Crippen molar-refractivity contribution in [2.75, 3.05) is 13.1 Å². The zero-order chi connectivity index (χ0) is 17.4. The predicted octanol–water partition coefficient (Wildman–Crippen LogP) is 5.85. The second-order valence-electron chi connectivity index (χ2n) is 6.88. The zero-order valence-corrected chi connectivity index (χ0v) is 14.4. The van der Waals surface area contributed by atoms with Crippen LogP contribution in [-0.4, -0.2) is 18.0 Å². The lowest BCUT2D eigenvalue weighted by molar-refractivity contribution is 0.489. The topological polar surface area (TPSA) is 3.24 Å². The maximum atomic E-state index is 14.4. The molecule has 0 bridgehead atoms. The highest BCUT2D eigenvalue weighted by Gasteiger charge is 2.20. The van der Waals surface area contributed by atoms with E-state index in [-0.39, 0.29) is 5.82 Å². The minimum Gasteiger partial charge on any atom is -0.371 e. The molecule has 0 spiro atoms. The van der Waals surface area contributed by atoms with Crippen LogP contribution < -0.4 is 0 Å². The molecule has 2 heteroatoms. The Hall–Kier alpha value is -2.61. The minimum atomic E-state index is -0.199. The highest BCUT2D eigenvalue weighted by molar-refractivity contribution is 5.97. The number of benzene rings is 2. The van der Waals surface area contributed by atoms with Crippen molar-refractivity contribution in [1.29, 1.82) is 0 Å². The Kier molecular flexibility index (Phi) is 4.04. The van der Waals surface area contributed by atoms with E-state index in [0.717, 1.165) is 49.2 Å². The third-order valence-electron chi connectivity index (χ3n) is 5.19. The molecule has 2 aliphatic rings. The van der Waals surface area contributed by atoms with E-state index >= 15 is 0 Å². The maximum absolute atomic E-state index is 14.4. The average molecular weight is 331 g/mol. The van der Waals surface area contributed by atoms with Crippen LogP contribution in [0.4, 0.5) is 4.39 Å². The summed E-state index contributed by atoms with van der Waals surface area (Å²) in [4.78, 5) is 2.18.